The number of hydrogen-bond donors (Lipinski definition) is 1. The molecular formula is C20H30N2OS. The number of thioether (sulfide) groups is 1. The van der Waals surface area contributed by atoms with Crippen LogP contribution in [0.1, 0.15) is 36.8 Å². The summed E-state index contributed by atoms with van der Waals surface area (Å²) in [6.45, 7) is 5.35. The number of hydrogen-bond acceptors (Lipinski definition) is 3. The number of carbonyl (C=O) groups excluding carboxylic acids is 1. The summed E-state index contributed by atoms with van der Waals surface area (Å²) >= 11 is 2.10. The second-order valence-corrected chi connectivity index (χ2v) is 8.52. The molecule has 0 aromatic heterocycles. The summed E-state index contributed by atoms with van der Waals surface area (Å²) in [5.74, 6) is 3.48. The van der Waals surface area contributed by atoms with Crippen molar-refractivity contribution in [2.75, 3.05) is 31.1 Å². The van der Waals surface area contributed by atoms with Crippen molar-refractivity contribution in [3.8, 4) is 0 Å². The van der Waals surface area contributed by atoms with Gasteiger partial charge in [0.2, 0.25) is 5.91 Å². The highest BCUT2D eigenvalue weighted by atomic mass is 32.2. The molecule has 2 saturated heterocycles. The van der Waals surface area contributed by atoms with Crippen LogP contribution in [0.3, 0.4) is 0 Å². The molecule has 0 aliphatic carbocycles. The van der Waals surface area contributed by atoms with Crippen LogP contribution < -0.4 is 5.32 Å². The lowest BCUT2D eigenvalue weighted by Crippen LogP contribution is -2.45. The molecule has 2 fully saturated rings. The number of benzene rings is 1. The summed E-state index contributed by atoms with van der Waals surface area (Å²) in [7, 11) is 0. The van der Waals surface area contributed by atoms with Crippen LogP contribution in [0.25, 0.3) is 0 Å². The Morgan fingerprint density at radius 2 is 1.96 bits per heavy atom. The van der Waals surface area contributed by atoms with Gasteiger partial charge < -0.3 is 10.2 Å². The van der Waals surface area contributed by atoms with E-state index in [1.54, 1.807) is 0 Å². The number of nitrogens with zero attached hydrogens (tertiary/aromatic N) is 1. The second-order valence-electron chi connectivity index (χ2n) is 7.29. The largest absolute Gasteiger partial charge is 0.356 e. The summed E-state index contributed by atoms with van der Waals surface area (Å²) in [6.07, 6.45) is 5.69. The molecule has 1 amide bonds. The van der Waals surface area contributed by atoms with E-state index in [-0.39, 0.29) is 5.91 Å². The van der Waals surface area contributed by atoms with Gasteiger partial charge in [-0.2, -0.15) is 11.8 Å². The van der Waals surface area contributed by atoms with Gasteiger partial charge in [-0.3, -0.25) is 4.79 Å². The smallest absolute Gasteiger partial charge is 0.224 e. The molecule has 3 rings (SSSR count). The first-order chi connectivity index (χ1) is 11.7. The van der Waals surface area contributed by atoms with Gasteiger partial charge in [0, 0.05) is 12.6 Å². The van der Waals surface area contributed by atoms with E-state index in [0.29, 0.717) is 12.3 Å². The van der Waals surface area contributed by atoms with Gasteiger partial charge in [0.15, 0.2) is 0 Å². The van der Waals surface area contributed by atoms with Crippen molar-refractivity contribution in [1.29, 1.82) is 0 Å². The minimum atomic E-state index is 0.160. The van der Waals surface area contributed by atoms with Crippen LogP contribution in [0.15, 0.2) is 24.3 Å². The maximum atomic E-state index is 12.2. The Morgan fingerprint density at radius 3 is 2.67 bits per heavy atom. The maximum Gasteiger partial charge on any atom is 0.224 e. The molecule has 3 nitrogen and oxygen atoms in total. The summed E-state index contributed by atoms with van der Waals surface area (Å²) in [6, 6.07) is 9.05. The van der Waals surface area contributed by atoms with Gasteiger partial charge in [-0.1, -0.05) is 29.8 Å². The first-order valence-corrected chi connectivity index (χ1v) is 10.5. The SMILES string of the molecule is Cc1cccc(CC(=O)NCC2CCN(C3CCSCC3)CC2)c1. The van der Waals surface area contributed by atoms with E-state index in [0.717, 1.165) is 18.2 Å². The van der Waals surface area contributed by atoms with E-state index in [1.807, 2.05) is 12.1 Å². The van der Waals surface area contributed by atoms with Gasteiger partial charge in [-0.25, -0.2) is 0 Å². The van der Waals surface area contributed by atoms with Crippen molar-refractivity contribution in [2.24, 2.45) is 5.92 Å². The molecule has 0 radical (unpaired) electrons. The number of amides is 1. The quantitative estimate of drug-likeness (QED) is 0.888. The van der Waals surface area contributed by atoms with Gasteiger partial charge in [0.25, 0.3) is 0 Å². The molecule has 1 N–H and O–H groups in total. The summed E-state index contributed by atoms with van der Waals surface area (Å²) in [5, 5.41) is 3.15. The van der Waals surface area contributed by atoms with E-state index in [4.69, 9.17) is 0 Å². The molecule has 0 bridgehead atoms. The summed E-state index contributed by atoms with van der Waals surface area (Å²) < 4.78 is 0. The zero-order valence-electron chi connectivity index (χ0n) is 14.8. The number of rotatable bonds is 5. The lowest BCUT2D eigenvalue weighted by atomic mass is 9.94. The van der Waals surface area contributed by atoms with Crippen LogP contribution in [0.2, 0.25) is 0 Å². The Balaban J connectivity index is 1.36. The molecule has 2 heterocycles. The molecule has 2 aliphatic heterocycles. The average Bonchev–Trinajstić information content (AvgIpc) is 2.61. The standard InChI is InChI=1S/C20H30N2OS/c1-16-3-2-4-18(13-16)14-20(23)21-15-17-5-9-22(10-6-17)19-7-11-24-12-8-19/h2-4,13,17,19H,5-12,14-15H2,1H3,(H,21,23). The summed E-state index contributed by atoms with van der Waals surface area (Å²) in [5.41, 5.74) is 2.33. The van der Waals surface area contributed by atoms with Crippen LogP contribution in [-0.4, -0.2) is 48.0 Å². The predicted octanol–water partition coefficient (Wildman–Crippen LogP) is 3.26. The Bertz CT molecular complexity index is 534. The first kappa shape index (κ1) is 17.8. The maximum absolute atomic E-state index is 12.2. The molecular weight excluding hydrogens is 316 g/mol. The Kier molecular flexibility index (Phi) is 6.61. The molecule has 0 saturated carbocycles. The number of piperidine rings is 1. The van der Waals surface area contributed by atoms with Gasteiger partial charge >= 0.3 is 0 Å². The minimum absolute atomic E-state index is 0.160. The fraction of sp³-hybridized carbons (Fsp3) is 0.650. The molecule has 4 heteroatoms. The number of likely N-dealkylation sites (tertiary alicyclic amines) is 1. The zero-order valence-corrected chi connectivity index (χ0v) is 15.6. The minimum Gasteiger partial charge on any atom is -0.356 e. The third kappa shape index (κ3) is 5.25. The second kappa shape index (κ2) is 8.91. The predicted molar refractivity (Wildman–Crippen MR) is 103 cm³/mol. The fourth-order valence-electron chi connectivity index (χ4n) is 3.90. The average molecular weight is 347 g/mol. The van der Waals surface area contributed by atoms with Crippen molar-refractivity contribution in [3.63, 3.8) is 0 Å². The fourth-order valence-corrected chi connectivity index (χ4v) is 4.98. The molecule has 0 spiro atoms. The Labute approximate surface area is 150 Å². The van der Waals surface area contributed by atoms with E-state index < -0.39 is 0 Å². The molecule has 2 aliphatic rings. The van der Waals surface area contributed by atoms with E-state index in [2.05, 4.69) is 41.0 Å². The van der Waals surface area contributed by atoms with Crippen molar-refractivity contribution in [3.05, 3.63) is 35.4 Å². The van der Waals surface area contributed by atoms with Gasteiger partial charge in [-0.05, 0) is 68.7 Å². The third-order valence-electron chi connectivity index (χ3n) is 5.39. The molecule has 1 aromatic rings. The highest BCUT2D eigenvalue weighted by Gasteiger charge is 2.26. The molecule has 0 unspecified atom stereocenters. The van der Waals surface area contributed by atoms with E-state index in [9.17, 15) is 4.79 Å². The lowest BCUT2D eigenvalue weighted by Gasteiger charge is -2.39. The Hall–Kier alpha value is -1.00. The van der Waals surface area contributed by atoms with Crippen LogP contribution in [0.5, 0.6) is 0 Å². The van der Waals surface area contributed by atoms with Crippen LogP contribution >= 0.6 is 11.8 Å². The van der Waals surface area contributed by atoms with Gasteiger partial charge in [-0.15, -0.1) is 0 Å². The molecule has 1 aromatic carbocycles. The zero-order chi connectivity index (χ0) is 16.8. The number of carbonyl (C=O) groups is 1. The van der Waals surface area contributed by atoms with Crippen LogP contribution in [-0.2, 0) is 11.2 Å². The van der Waals surface area contributed by atoms with Gasteiger partial charge in [0.1, 0.15) is 0 Å². The van der Waals surface area contributed by atoms with E-state index >= 15 is 0 Å². The number of nitrogens with one attached hydrogen (secondary N) is 1. The van der Waals surface area contributed by atoms with Gasteiger partial charge in [0.05, 0.1) is 6.42 Å². The monoisotopic (exact) mass is 346 g/mol. The molecule has 132 valence electrons. The highest BCUT2D eigenvalue weighted by Crippen LogP contribution is 2.26. The van der Waals surface area contributed by atoms with E-state index in [1.165, 1.54) is 55.8 Å². The first-order valence-electron chi connectivity index (χ1n) is 9.35. The molecule has 24 heavy (non-hydrogen) atoms. The van der Waals surface area contributed by atoms with Crippen molar-refractivity contribution >= 4 is 17.7 Å². The number of aryl methyl sites for hydroxylation is 1. The van der Waals surface area contributed by atoms with Crippen molar-refractivity contribution < 1.29 is 4.79 Å². The highest BCUT2D eigenvalue weighted by molar-refractivity contribution is 7.99. The Morgan fingerprint density at radius 1 is 1.21 bits per heavy atom. The van der Waals surface area contributed by atoms with Crippen molar-refractivity contribution in [1.82, 2.24) is 10.2 Å². The van der Waals surface area contributed by atoms with Crippen LogP contribution in [0.4, 0.5) is 0 Å². The topological polar surface area (TPSA) is 32.3 Å². The van der Waals surface area contributed by atoms with Crippen molar-refractivity contribution in [2.45, 2.75) is 45.1 Å². The lowest BCUT2D eigenvalue weighted by molar-refractivity contribution is -0.120. The third-order valence-corrected chi connectivity index (χ3v) is 6.44. The normalized spacial score (nSPS) is 20.9. The summed E-state index contributed by atoms with van der Waals surface area (Å²) in [4.78, 5) is 14.9. The molecule has 0 atom stereocenters. The van der Waals surface area contributed by atoms with Crippen LogP contribution in [0, 0.1) is 12.8 Å².